The van der Waals surface area contributed by atoms with Crippen molar-refractivity contribution in [2.75, 3.05) is 36.4 Å². The number of aromatic nitrogens is 4. The highest BCUT2D eigenvalue weighted by molar-refractivity contribution is 6.04. The number of hydrogen-bond acceptors (Lipinski definition) is 5. The molecule has 0 saturated carbocycles. The van der Waals surface area contributed by atoms with Gasteiger partial charge >= 0.3 is 0 Å². The maximum absolute atomic E-state index is 13.1. The number of piperazine rings is 1. The molecule has 1 amide bonds. The number of anilines is 2. The van der Waals surface area contributed by atoms with E-state index in [-0.39, 0.29) is 11.4 Å². The minimum atomic E-state index is -2.78. The van der Waals surface area contributed by atoms with E-state index in [2.05, 4.69) is 25.7 Å². The molecule has 0 atom stereocenters. The Hall–Kier alpha value is -3.01. The fourth-order valence-corrected chi connectivity index (χ4v) is 3.16. The molecule has 1 aliphatic heterocycles. The van der Waals surface area contributed by atoms with Gasteiger partial charge in [-0.25, -0.2) is 13.3 Å². The number of fused-ring (bicyclic) bond motifs is 1. The second-order valence-corrected chi connectivity index (χ2v) is 6.34. The molecular formula is C17H19F2N7O. The van der Waals surface area contributed by atoms with E-state index in [0.717, 1.165) is 37.5 Å². The molecule has 2 N–H and O–H groups in total. The molecule has 1 saturated heterocycles. The summed E-state index contributed by atoms with van der Waals surface area (Å²) >= 11 is 0. The van der Waals surface area contributed by atoms with Gasteiger partial charge in [-0.2, -0.15) is 5.10 Å². The summed E-state index contributed by atoms with van der Waals surface area (Å²) in [6, 6.07) is 7.19. The zero-order chi connectivity index (χ0) is 19.0. The number of rotatable bonds is 4. The van der Waals surface area contributed by atoms with E-state index in [1.54, 1.807) is 12.1 Å². The number of aryl methyl sites for hydroxylation is 1. The van der Waals surface area contributed by atoms with Crippen molar-refractivity contribution in [3.8, 4) is 0 Å². The van der Waals surface area contributed by atoms with E-state index in [0.29, 0.717) is 0 Å². The molecule has 27 heavy (non-hydrogen) atoms. The van der Waals surface area contributed by atoms with Crippen LogP contribution in [-0.2, 0) is 7.05 Å². The molecule has 0 aromatic carbocycles. The Morgan fingerprint density at radius 2 is 1.93 bits per heavy atom. The van der Waals surface area contributed by atoms with Gasteiger partial charge in [-0.3, -0.25) is 9.48 Å². The molecule has 142 valence electrons. The molecule has 3 aromatic heterocycles. The minimum absolute atomic E-state index is 0.00860. The number of carbonyl (C=O) groups excluding carboxylic acids is 1. The lowest BCUT2D eigenvalue weighted by Gasteiger charge is -2.28. The second-order valence-electron chi connectivity index (χ2n) is 6.34. The van der Waals surface area contributed by atoms with Crippen LogP contribution in [0.5, 0.6) is 0 Å². The maximum atomic E-state index is 13.1. The molecule has 0 aliphatic carbocycles. The zero-order valence-electron chi connectivity index (χ0n) is 14.7. The smallest absolute Gasteiger partial charge is 0.284 e. The first kappa shape index (κ1) is 17.4. The van der Waals surface area contributed by atoms with Crippen molar-refractivity contribution >= 4 is 22.9 Å². The number of nitrogens with zero attached hydrogens (tertiary/aromatic N) is 5. The van der Waals surface area contributed by atoms with Crippen LogP contribution in [0.4, 0.5) is 20.3 Å². The first-order chi connectivity index (χ1) is 13.0. The molecule has 10 heteroatoms. The average Bonchev–Trinajstić information content (AvgIpc) is 3.25. The Morgan fingerprint density at radius 3 is 2.67 bits per heavy atom. The summed E-state index contributed by atoms with van der Waals surface area (Å²) in [5, 5.41) is 14.1. The van der Waals surface area contributed by atoms with E-state index < -0.39 is 18.0 Å². The van der Waals surface area contributed by atoms with Gasteiger partial charge in [0.25, 0.3) is 12.3 Å². The van der Waals surface area contributed by atoms with E-state index in [1.165, 1.54) is 22.4 Å². The van der Waals surface area contributed by atoms with Gasteiger partial charge in [0.05, 0.1) is 11.2 Å². The third-order valence-electron chi connectivity index (χ3n) is 4.48. The van der Waals surface area contributed by atoms with E-state index in [9.17, 15) is 13.6 Å². The van der Waals surface area contributed by atoms with Crippen LogP contribution in [0.2, 0.25) is 0 Å². The van der Waals surface area contributed by atoms with Crippen LogP contribution >= 0.6 is 0 Å². The van der Waals surface area contributed by atoms with Crippen LogP contribution in [0, 0.1) is 0 Å². The Kier molecular flexibility index (Phi) is 4.48. The first-order valence-electron chi connectivity index (χ1n) is 8.60. The van der Waals surface area contributed by atoms with Crippen LogP contribution < -0.4 is 15.5 Å². The highest BCUT2D eigenvalue weighted by Gasteiger charge is 2.21. The third kappa shape index (κ3) is 3.35. The van der Waals surface area contributed by atoms with Gasteiger partial charge in [0.2, 0.25) is 0 Å². The average molecular weight is 375 g/mol. The molecule has 1 fully saturated rings. The van der Waals surface area contributed by atoms with Crippen LogP contribution in [-0.4, -0.2) is 51.5 Å². The highest BCUT2D eigenvalue weighted by Crippen LogP contribution is 2.26. The minimum Gasteiger partial charge on any atom is -0.353 e. The number of amides is 1. The van der Waals surface area contributed by atoms with Gasteiger partial charge in [-0.15, -0.1) is 5.10 Å². The molecule has 3 aromatic rings. The fraction of sp³-hybridized carbons (Fsp3) is 0.353. The van der Waals surface area contributed by atoms with Crippen LogP contribution in [0.3, 0.4) is 0 Å². The lowest BCUT2D eigenvalue weighted by atomic mass is 10.3. The molecule has 0 unspecified atom stereocenters. The second kappa shape index (κ2) is 6.95. The zero-order valence-corrected chi connectivity index (χ0v) is 14.7. The van der Waals surface area contributed by atoms with Gasteiger partial charge in [0, 0.05) is 39.4 Å². The van der Waals surface area contributed by atoms with Crippen molar-refractivity contribution in [1.82, 2.24) is 24.7 Å². The van der Waals surface area contributed by atoms with E-state index >= 15 is 0 Å². The number of halogens is 2. The standard InChI is InChI=1S/C17H19F2N7O/c1-24-10-12(15(23-24)16(18)19)21-17(27)13-4-2-11-3-5-14(22-26(11)13)25-8-6-20-7-9-25/h2-5,10,16,20H,6-9H2,1H3,(H,21,27). The van der Waals surface area contributed by atoms with Crippen molar-refractivity contribution < 1.29 is 13.6 Å². The van der Waals surface area contributed by atoms with Gasteiger partial charge in [0.1, 0.15) is 11.5 Å². The predicted molar refractivity (Wildman–Crippen MR) is 96.4 cm³/mol. The summed E-state index contributed by atoms with van der Waals surface area (Å²) in [5.41, 5.74) is 0.553. The van der Waals surface area contributed by atoms with Crippen molar-refractivity contribution in [1.29, 1.82) is 0 Å². The lowest BCUT2D eigenvalue weighted by Crippen LogP contribution is -2.44. The molecule has 4 rings (SSSR count). The van der Waals surface area contributed by atoms with Gasteiger partial charge in [0.15, 0.2) is 5.69 Å². The third-order valence-corrected chi connectivity index (χ3v) is 4.48. The van der Waals surface area contributed by atoms with Crippen LogP contribution in [0.1, 0.15) is 22.6 Å². The molecule has 0 bridgehead atoms. The van der Waals surface area contributed by atoms with Gasteiger partial charge in [-0.1, -0.05) is 0 Å². The summed E-state index contributed by atoms with van der Waals surface area (Å²) in [6.45, 7) is 3.40. The first-order valence-corrected chi connectivity index (χ1v) is 8.60. The van der Waals surface area contributed by atoms with Crippen molar-refractivity contribution in [2.45, 2.75) is 6.43 Å². The van der Waals surface area contributed by atoms with Gasteiger partial charge in [-0.05, 0) is 24.3 Å². The van der Waals surface area contributed by atoms with Crippen molar-refractivity contribution in [2.24, 2.45) is 7.05 Å². The normalized spacial score (nSPS) is 14.9. The van der Waals surface area contributed by atoms with E-state index in [4.69, 9.17) is 0 Å². The van der Waals surface area contributed by atoms with Crippen molar-refractivity contribution in [3.63, 3.8) is 0 Å². The monoisotopic (exact) mass is 375 g/mol. The number of nitrogens with one attached hydrogen (secondary N) is 2. The number of hydrogen-bond donors (Lipinski definition) is 2. The quantitative estimate of drug-likeness (QED) is 0.725. The highest BCUT2D eigenvalue weighted by atomic mass is 19.3. The summed E-state index contributed by atoms with van der Waals surface area (Å²) in [5.74, 6) is 0.249. The largest absolute Gasteiger partial charge is 0.353 e. The Morgan fingerprint density at radius 1 is 1.19 bits per heavy atom. The maximum Gasteiger partial charge on any atom is 0.284 e. The lowest BCUT2D eigenvalue weighted by molar-refractivity contribution is 0.101. The Bertz CT molecular complexity index is 975. The Balaban J connectivity index is 1.64. The summed E-state index contributed by atoms with van der Waals surface area (Å²) in [4.78, 5) is 14.8. The van der Waals surface area contributed by atoms with Crippen LogP contribution in [0.25, 0.3) is 5.52 Å². The summed E-state index contributed by atoms with van der Waals surface area (Å²) in [7, 11) is 1.52. The molecule has 1 aliphatic rings. The number of alkyl halides is 2. The van der Waals surface area contributed by atoms with Gasteiger partial charge < -0.3 is 15.5 Å². The summed E-state index contributed by atoms with van der Waals surface area (Å²) < 4.78 is 29.0. The predicted octanol–water partition coefficient (Wildman–Crippen LogP) is 1.67. The SMILES string of the molecule is Cn1cc(NC(=O)c2ccc3ccc(N4CCNCC4)nn23)c(C(F)F)n1. The molecular weight excluding hydrogens is 356 g/mol. The Labute approximate surface area is 153 Å². The van der Waals surface area contributed by atoms with Crippen molar-refractivity contribution in [3.05, 3.63) is 41.9 Å². The van der Waals surface area contributed by atoms with Crippen LogP contribution in [0.15, 0.2) is 30.5 Å². The molecule has 0 radical (unpaired) electrons. The fourth-order valence-electron chi connectivity index (χ4n) is 3.16. The molecule has 4 heterocycles. The number of carbonyl (C=O) groups is 1. The molecule has 8 nitrogen and oxygen atoms in total. The summed E-state index contributed by atoms with van der Waals surface area (Å²) in [6.07, 6.45) is -1.42. The molecule has 0 spiro atoms. The topological polar surface area (TPSA) is 79.5 Å². The van der Waals surface area contributed by atoms with E-state index in [1.807, 2.05) is 12.1 Å².